The standard InChI is InChI=1S/C22H20BrNO4/c1-13-5-10-18-19(11-13)21(26)24(20(18)25)16-3-2-4-17(12-16)28-22(27)14-6-8-15(23)9-7-14/h2-4,6-9,12-13,18-19H,5,10-11H2,1H3/t13-,18-,19-/m1/s1. The van der Waals surface area contributed by atoms with Gasteiger partial charge in [0.15, 0.2) is 0 Å². The molecule has 2 aromatic carbocycles. The van der Waals surface area contributed by atoms with Gasteiger partial charge in [0.05, 0.1) is 23.1 Å². The maximum Gasteiger partial charge on any atom is 0.343 e. The van der Waals surface area contributed by atoms with E-state index in [0.29, 0.717) is 22.9 Å². The van der Waals surface area contributed by atoms with Crippen molar-refractivity contribution in [1.29, 1.82) is 0 Å². The Labute approximate surface area is 171 Å². The van der Waals surface area contributed by atoms with E-state index in [1.807, 2.05) is 0 Å². The van der Waals surface area contributed by atoms with Gasteiger partial charge in [-0.15, -0.1) is 0 Å². The Balaban J connectivity index is 1.55. The molecule has 2 aromatic rings. The minimum atomic E-state index is -0.494. The van der Waals surface area contributed by atoms with E-state index in [1.165, 1.54) is 4.90 Å². The van der Waals surface area contributed by atoms with E-state index in [2.05, 4.69) is 22.9 Å². The first-order valence-corrected chi connectivity index (χ1v) is 10.2. The van der Waals surface area contributed by atoms with Gasteiger partial charge in [0.2, 0.25) is 11.8 Å². The van der Waals surface area contributed by atoms with Gasteiger partial charge in [0.1, 0.15) is 5.75 Å². The number of hydrogen-bond donors (Lipinski definition) is 0. The van der Waals surface area contributed by atoms with Gasteiger partial charge < -0.3 is 4.74 Å². The van der Waals surface area contributed by atoms with Crippen molar-refractivity contribution in [2.24, 2.45) is 17.8 Å². The fourth-order valence-corrected chi connectivity index (χ4v) is 4.35. The summed E-state index contributed by atoms with van der Waals surface area (Å²) in [5.41, 5.74) is 0.875. The molecule has 3 atom stereocenters. The zero-order valence-corrected chi connectivity index (χ0v) is 17.0. The zero-order valence-electron chi connectivity index (χ0n) is 15.4. The second-order valence-corrected chi connectivity index (χ2v) is 8.45. The number of halogens is 1. The highest BCUT2D eigenvalue weighted by atomic mass is 79.9. The molecule has 1 heterocycles. The van der Waals surface area contributed by atoms with Crippen molar-refractivity contribution in [3.63, 3.8) is 0 Å². The number of imide groups is 1. The lowest BCUT2D eigenvalue weighted by molar-refractivity contribution is -0.122. The van der Waals surface area contributed by atoms with Crippen LogP contribution >= 0.6 is 15.9 Å². The van der Waals surface area contributed by atoms with Crippen molar-refractivity contribution in [3.05, 3.63) is 58.6 Å². The molecule has 28 heavy (non-hydrogen) atoms. The molecule has 1 aliphatic carbocycles. The van der Waals surface area contributed by atoms with Crippen LogP contribution in [0, 0.1) is 17.8 Å². The van der Waals surface area contributed by atoms with Crippen LogP contribution in [-0.2, 0) is 9.59 Å². The third-order valence-corrected chi connectivity index (χ3v) is 6.08. The topological polar surface area (TPSA) is 63.7 Å². The molecule has 0 unspecified atom stereocenters. The number of benzene rings is 2. The summed E-state index contributed by atoms with van der Waals surface area (Å²) in [5, 5.41) is 0. The third-order valence-electron chi connectivity index (χ3n) is 5.55. The van der Waals surface area contributed by atoms with Gasteiger partial charge in [0.25, 0.3) is 0 Å². The number of carbonyl (C=O) groups excluding carboxylic acids is 3. The van der Waals surface area contributed by atoms with E-state index in [9.17, 15) is 14.4 Å². The number of fused-ring (bicyclic) bond motifs is 1. The lowest BCUT2D eigenvalue weighted by atomic mass is 9.76. The largest absolute Gasteiger partial charge is 0.423 e. The number of nitrogens with zero attached hydrogens (tertiary/aromatic N) is 1. The van der Waals surface area contributed by atoms with Gasteiger partial charge in [-0.05, 0) is 61.6 Å². The zero-order chi connectivity index (χ0) is 19.8. The normalized spacial score (nSPS) is 24.2. The number of anilines is 1. The van der Waals surface area contributed by atoms with Gasteiger partial charge in [-0.2, -0.15) is 0 Å². The van der Waals surface area contributed by atoms with Crippen LogP contribution in [0.5, 0.6) is 5.75 Å². The molecule has 2 aliphatic rings. The van der Waals surface area contributed by atoms with Gasteiger partial charge >= 0.3 is 5.97 Å². The summed E-state index contributed by atoms with van der Waals surface area (Å²) < 4.78 is 6.31. The average Bonchev–Trinajstić information content (AvgIpc) is 2.92. The van der Waals surface area contributed by atoms with Crippen molar-refractivity contribution in [1.82, 2.24) is 0 Å². The van der Waals surface area contributed by atoms with Crippen LogP contribution in [0.25, 0.3) is 0 Å². The molecule has 5 nitrogen and oxygen atoms in total. The molecule has 1 aliphatic heterocycles. The maximum atomic E-state index is 12.9. The number of esters is 1. The van der Waals surface area contributed by atoms with E-state index < -0.39 is 5.97 Å². The van der Waals surface area contributed by atoms with E-state index in [-0.39, 0.29) is 23.7 Å². The maximum absolute atomic E-state index is 12.9. The Morgan fingerprint density at radius 3 is 2.50 bits per heavy atom. The molecule has 1 saturated heterocycles. The average molecular weight is 442 g/mol. The van der Waals surface area contributed by atoms with E-state index >= 15 is 0 Å². The second-order valence-electron chi connectivity index (χ2n) is 7.54. The number of amides is 2. The first-order valence-electron chi connectivity index (χ1n) is 9.39. The molecular weight excluding hydrogens is 422 g/mol. The minimum Gasteiger partial charge on any atom is -0.423 e. The van der Waals surface area contributed by atoms with Crippen LogP contribution in [0.15, 0.2) is 53.0 Å². The fraction of sp³-hybridized carbons (Fsp3) is 0.318. The van der Waals surface area contributed by atoms with Crippen molar-refractivity contribution >= 4 is 39.4 Å². The number of ether oxygens (including phenoxy) is 1. The summed E-state index contributed by atoms with van der Waals surface area (Å²) >= 11 is 3.33. The molecule has 2 amide bonds. The highest BCUT2D eigenvalue weighted by Gasteiger charge is 2.50. The molecule has 144 valence electrons. The predicted molar refractivity (Wildman–Crippen MR) is 108 cm³/mol. The Morgan fingerprint density at radius 2 is 1.75 bits per heavy atom. The molecule has 6 heteroatoms. The van der Waals surface area contributed by atoms with Crippen LogP contribution in [0.3, 0.4) is 0 Å². The second kappa shape index (κ2) is 7.51. The van der Waals surface area contributed by atoms with Gasteiger partial charge in [0, 0.05) is 10.5 Å². The van der Waals surface area contributed by atoms with Crippen LogP contribution in [0.4, 0.5) is 5.69 Å². The summed E-state index contributed by atoms with van der Waals surface area (Å²) in [6.45, 7) is 2.12. The molecule has 0 aromatic heterocycles. The molecule has 0 N–H and O–H groups in total. The van der Waals surface area contributed by atoms with Crippen molar-refractivity contribution in [2.75, 3.05) is 4.90 Å². The number of hydrogen-bond acceptors (Lipinski definition) is 4. The fourth-order valence-electron chi connectivity index (χ4n) is 4.08. The Morgan fingerprint density at radius 1 is 1.04 bits per heavy atom. The van der Waals surface area contributed by atoms with E-state index in [1.54, 1.807) is 48.5 Å². The smallest absolute Gasteiger partial charge is 0.343 e. The van der Waals surface area contributed by atoms with Crippen molar-refractivity contribution < 1.29 is 19.1 Å². The minimum absolute atomic E-state index is 0.140. The van der Waals surface area contributed by atoms with Crippen molar-refractivity contribution in [3.8, 4) is 5.75 Å². The molecule has 0 bridgehead atoms. The Bertz CT molecular complexity index is 940. The summed E-state index contributed by atoms with van der Waals surface area (Å²) in [6.07, 6.45) is 2.48. The lowest BCUT2D eigenvalue weighted by Gasteiger charge is -2.25. The highest BCUT2D eigenvalue weighted by Crippen LogP contribution is 2.42. The summed E-state index contributed by atoms with van der Waals surface area (Å²) in [4.78, 5) is 39.3. The van der Waals surface area contributed by atoms with E-state index in [0.717, 1.165) is 23.7 Å². The molecule has 2 fully saturated rings. The quantitative estimate of drug-likeness (QED) is 0.396. The SMILES string of the molecule is C[C@@H]1CC[C@H]2C(=O)N(c3cccc(OC(=O)c4ccc(Br)cc4)c3)C(=O)[C@@H]2C1. The predicted octanol–water partition coefficient (Wildman–Crippen LogP) is 4.59. The molecule has 0 spiro atoms. The summed E-state index contributed by atoms with van der Waals surface area (Å²) in [7, 11) is 0. The lowest BCUT2D eigenvalue weighted by Crippen LogP contribution is -2.30. The first kappa shape index (κ1) is 18.9. The van der Waals surface area contributed by atoms with Crippen LogP contribution < -0.4 is 9.64 Å². The first-order chi connectivity index (χ1) is 13.4. The molecule has 4 rings (SSSR count). The summed E-state index contributed by atoms with van der Waals surface area (Å²) in [6, 6.07) is 13.5. The van der Waals surface area contributed by atoms with Crippen molar-refractivity contribution in [2.45, 2.75) is 26.2 Å². The molecule has 1 saturated carbocycles. The number of rotatable bonds is 3. The van der Waals surface area contributed by atoms with Crippen LogP contribution in [0.2, 0.25) is 0 Å². The van der Waals surface area contributed by atoms with E-state index in [4.69, 9.17) is 4.74 Å². The monoisotopic (exact) mass is 441 g/mol. The third kappa shape index (κ3) is 3.49. The van der Waals surface area contributed by atoms with Crippen LogP contribution in [-0.4, -0.2) is 17.8 Å². The van der Waals surface area contributed by atoms with Gasteiger partial charge in [-0.3, -0.25) is 9.59 Å². The number of carbonyl (C=O) groups is 3. The van der Waals surface area contributed by atoms with Gasteiger partial charge in [-0.1, -0.05) is 28.9 Å². The molecular formula is C22H20BrNO4. The Kier molecular flexibility index (Phi) is 5.06. The highest BCUT2D eigenvalue weighted by molar-refractivity contribution is 9.10. The van der Waals surface area contributed by atoms with Gasteiger partial charge in [-0.25, -0.2) is 9.69 Å². The molecule has 0 radical (unpaired) electrons. The van der Waals surface area contributed by atoms with Crippen LogP contribution in [0.1, 0.15) is 36.5 Å². The summed E-state index contributed by atoms with van der Waals surface area (Å²) in [5.74, 6) is -0.476. The Hall–Kier alpha value is -2.47.